The van der Waals surface area contributed by atoms with E-state index in [2.05, 4.69) is 4.99 Å². The van der Waals surface area contributed by atoms with Crippen molar-refractivity contribution in [2.24, 2.45) is 4.99 Å². The number of rotatable bonds is 2. The van der Waals surface area contributed by atoms with Gasteiger partial charge in [0.15, 0.2) is 0 Å². The largest absolute Gasteiger partial charge is 0.507 e. The van der Waals surface area contributed by atoms with Crippen LogP contribution < -0.4 is 0 Å². The smallest absolute Gasteiger partial charge is 0.416 e. The molecular weight excluding hydrogens is 267 g/mol. The summed E-state index contributed by atoms with van der Waals surface area (Å²) in [5, 5.41) is 9.81. The van der Waals surface area contributed by atoms with Gasteiger partial charge >= 0.3 is 6.18 Å². The first-order valence-electron chi connectivity index (χ1n) is 5.88. The fourth-order valence-corrected chi connectivity index (χ4v) is 1.73. The van der Waals surface area contributed by atoms with Gasteiger partial charge in [0, 0.05) is 11.8 Å². The summed E-state index contributed by atoms with van der Waals surface area (Å²) < 4.78 is 38.2. The molecule has 0 unspecified atom stereocenters. The van der Waals surface area contributed by atoms with Gasteiger partial charge in [0.25, 0.3) is 0 Å². The first-order chi connectivity index (χ1) is 9.38. The van der Waals surface area contributed by atoms with Crippen molar-refractivity contribution in [3.05, 3.63) is 59.2 Å². The van der Waals surface area contributed by atoms with E-state index >= 15 is 0 Å². The van der Waals surface area contributed by atoms with E-state index in [0.29, 0.717) is 5.69 Å². The van der Waals surface area contributed by atoms with Crippen molar-refractivity contribution in [3.63, 3.8) is 0 Å². The summed E-state index contributed by atoms with van der Waals surface area (Å²) in [7, 11) is 0. The molecule has 1 N–H and O–H groups in total. The summed E-state index contributed by atoms with van der Waals surface area (Å²) in [4.78, 5) is 4.05. The van der Waals surface area contributed by atoms with Crippen LogP contribution in [0.25, 0.3) is 0 Å². The highest BCUT2D eigenvalue weighted by atomic mass is 19.4. The van der Waals surface area contributed by atoms with E-state index in [1.54, 1.807) is 24.3 Å². The molecular formula is C15H12F3NO. The van der Waals surface area contributed by atoms with E-state index in [0.717, 1.165) is 12.1 Å². The molecule has 0 fully saturated rings. The second-order valence-electron chi connectivity index (χ2n) is 4.32. The summed E-state index contributed by atoms with van der Waals surface area (Å²) in [5.74, 6) is -0.197. The first-order valence-corrected chi connectivity index (χ1v) is 5.88. The maximum absolute atomic E-state index is 12.7. The molecule has 0 saturated heterocycles. The van der Waals surface area contributed by atoms with Crippen molar-refractivity contribution in [3.8, 4) is 5.75 Å². The SMILES string of the molecule is Cc1cc(C(F)(F)F)cc(C=Nc2ccccc2)c1O. The minimum atomic E-state index is -4.45. The van der Waals surface area contributed by atoms with Crippen LogP contribution in [-0.2, 0) is 6.18 Å². The molecule has 2 aromatic rings. The summed E-state index contributed by atoms with van der Waals surface area (Å²) in [5.41, 5.74) is -0.000193. The van der Waals surface area contributed by atoms with Crippen LogP contribution in [0.5, 0.6) is 5.75 Å². The zero-order valence-electron chi connectivity index (χ0n) is 10.6. The molecule has 104 valence electrons. The van der Waals surface area contributed by atoms with Crippen molar-refractivity contribution < 1.29 is 18.3 Å². The fourth-order valence-electron chi connectivity index (χ4n) is 1.73. The third kappa shape index (κ3) is 3.17. The van der Waals surface area contributed by atoms with Gasteiger partial charge in [0.1, 0.15) is 5.75 Å². The molecule has 0 aliphatic carbocycles. The second kappa shape index (κ2) is 5.36. The zero-order chi connectivity index (χ0) is 14.8. The highest BCUT2D eigenvalue weighted by Crippen LogP contribution is 2.34. The van der Waals surface area contributed by atoms with E-state index in [1.807, 2.05) is 6.07 Å². The molecule has 0 aliphatic heterocycles. The van der Waals surface area contributed by atoms with Gasteiger partial charge in [-0.1, -0.05) is 18.2 Å². The van der Waals surface area contributed by atoms with Gasteiger partial charge in [-0.2, -0.15) is 13.2 Å². The van der Waals surface area contributed by atoms with Gasteiger partial charge in [-0.3, -0.25) is 4.99 Å². The molecule has 0 radical (unpaired) electrons. The van der Waals surface area contributed by atoms with Gasteiger partial charge in [-0.05, 0) is 36.8 Å². The highest BCUT2D eigenvalue weighted by Gasteiger charge is 2.31. The topological polar surface area (TPSA) is 32.6 Å². The van der Waals surface area contributed by atoms with Crippen LogP contribution in [0.1, 0.15) is 16.7 Å². The van der Waals surface area contributed by atoms with E-state index in [-0.39, 0.29) is 16.9 Å². The number of aliphatic imine (C=N–C) groups is 1. The van der Waals surface area contributed by atoms with Crippen molar-refractivity contribution in [1.82, 2.24) is 0 Å². The molecule has 2 nitrogen and oxygen atoms in total. The van der Waals surface area contributed by atoms with Crippen LogP contribution in [0.2, 0.25) is 0 Å². The quantitative estimate of drug-likeness (QED) is 0.808. The molecule has 0 aliphatic rings. The Morgan fingerprint density at radius 3 is 2.35 bits per heavy atom. The number of hydrogen-bond donors (Lipinski definition) is 1. The molecule has 0 atom stereocenters. The Balaban J connectivity index is 2.41. The van der Waals surface area contributed by atoms with Crippen LogP contribution in [0.3, 0.4) is 0 Å². The van der Waals surface area contributed by atoms with E-state index in [4.69, 9.17) is 0 Å². The highest BCUT2D eigenvalue weighted by molar-refractivity contribution is 5.86. The van der Waals surface area contributed by atoms with Crippen LogP contribution in [0, 0.1) is 6.92 Å². The maximum atomic E-state index is 12.7. The molecule has 0 spiro atoms. The number of aromatic hydroxyl groups is 1. The molecule has 2 rings (SSSR count). The Labute approximate surface area is 114 Å². The molecule has 0 heterocycles. The second-order valence-corrected chi connectivity index (χ2v) is 4.32. The zero-order valence-corrected chi connectivity index (χ0v) is 10.6. The third-order valence-corrected chi connectivity index (χ3v) is 2.77. The van der Waals surface area contributed by atoms with Crippen LogP contribution >= 0.6 is 0 Å². The maximum Gasteiger partial charge on any atom is 0.416 e. The van der Waals surface area contributed by atoms with E-state index in [1.165, 1.54) is 13.1 Å². The Hall–Kier alpha value is -2.30. The number of halogens is 3. The Morgan fingerprint density at radius 1 is 1.10 bits per heavy atom. The van der Waals surface area contributed by atoms with Gasteiger partial charge in [-0.15, -0.1) is 0 Å². The lowest BCUT2D eigenvalue weighted by atomic mass is 10.1. The standard InChI is InChI=1S/C15H12F3NO/c1-10-7-12(15(16,17)18)8-11(14(10)20)9-19-13-5-3-2-4-6-13/h2-9,20H,1H3. The number of benzene rings is 2. The summed E-state index contributed by atoms with van der Waals surface area (Å²) in [6, 6.07) is 10.6. The van der Waals surface area contributed by atoms with Crippen LogP contribution in [0.4, 0.5) is 18.9 Å². The predicted molar refractivity (Wildman–Crippen MR) is 71.5 cm³/mol. The molecule has 0 bridgehead atoms. The van der Waals surface area contributed by atoms with Gasteiger partial charge in [-0.25, -0.2) is 0 Å². The summed E-state index contributed by atoms with van der Waals surface area (Å²) in [6.07, 6.45) is -3.22. The third-order valence-electron chi connectivity index (χ3n) is 2.77. The number of phenolic OH excluding ortho intramolecular Hbond substituents is 1. The van der Waals surface area contributed by atoms with E-state index < -0.39 is 11.7 Å². The molecule has 0 amide bonds. The van der Waals surface area contributed by atoms with Crippen molar-refractivity contribution in [1.29, 1.82) is 0 Å². The summed E-state index contributed by atoms with van der Waals surface area (Å²) in [6.45, 7) is 1.42. The summed E-state index contributed by atoms with van der Waals surface area (Å²) >= 11 is 0. The normalized spacial score (nSPS) is 12.0. The van der Waals surface area contributed by atoms with Crippen molar-refractivity contribution in [2.75, 3.05) is 0 Å². The lowest BCUT2D eigenvalue weighted by Gasteiger charge is -2.10. The first kappa shape index (κ1) is 14.1. The minimum Gasteiger partial charge on any atom is -0.507 e. The number of aryl methyl sites for hydroxylation is 1. The Morgan fingerprint density at radius 2 is 1.75 bits per heavy atom. The molecule has 0 saturated carbocycles. The predicted octanol–water partition coefficient (Wildman–Crippen LogP) is 4.47. The lowest BCUT2D eigenvalue weighted by Crippen LogP contribution is -2.06. The number of para-hydroxylation sites is 1. The average molecular weight is 279 g/mol. The minimum absolute atomic E-state index is 0.0428. The van der Waals surface area contributed by atoms with Gasteiger partial charge < -0.3 is 5.11 Å². The van der Waals surface area contributed by atoms with Gasteiger partial charge in [0.2, 0.25) is 0 Å². The van der Waals surface area contributed by atoms with Crippen molar-refractivity contribution >= 4 is 11.9 Å². The molecule has 0 aromatic heterocycles. The number of hydrogen-bond acceptors (Lipinski definition) is 2. The number of phenols is 1. The molecule has 2 aromatic carbocycles. The number of nitrogens with zero attached hydrogens (tertiary/aromatic N) is 1. The number of alkyl halides is 3. The average Bonchev–Trinajstić information content (AvgIpc) is 2.40. The van der Waals surface area contributed by atoms with E-state index in [9.17, 15) is 18.3 Å². The van der Waals surface area contributed by atoms with Crippen molar-refractivity contribution in [2.45, 2.75) is 13.1 Å². The van der Waals surface area contributed by atoms with Gasteiger partial charge in [0.05, 0.1) is 11.3 Å². The fraction of sp³-hybridized carbons (Fsp3) is 0.133. The Bertz CT molecular complexity index is 634. The monoisotopic (exact) mass is 279 g/mol. The molecule has 5 heteroatoms. The lowest BCUT2D eigenvalue weighted by molar-refractivity contribution is -0.137. The van der Waals surface area contributed by atoms with Crippen LogP contribution in [-0.4, -0.2) is 11.3 Å². The van der Waals surface area contributed by atoms with Crippen LogP contribution in [0.15, 0.2) is 47.5 Å². The molecule has 20 heavy (non-hydrogen) atoms. The Kier molecular flexibility index (Phi) is 3.79.